The Bertz CT molecular complexity index is 441. The minimum atomic E-state index is -0.901. The van der Waals surface area contributed by atoms with Gasteiger partial charge in [0, 0.05) is 15.1 Å². The fraction of sp³-hybridized carbons (Fsp3) is 0.364. The summed E-state index contributed by atoms with van der Waals surface area (Å²) >= 11 is 7.90. The standard InChI is InChI=1S/C11H13ClINO4/c1-18-11(17)8-2-6(12)3-9(13)10(8)14-4-7(16)5-15/h2-3,7,14-16H,4-5H2,1H3. The van der Waals surface area contributed by atoms with Crippen molar-refractivity contribution >= 4 is 45.8 Å². The van der Waals surface area contributed by atoms with Gasteiger partial charge in [-0.3, -0.25) is 0 Å². The van der Waals surface area contributed by atoms with Crippen molar-refractivity contribution in [3.05, 3.63) is 26.3 Å². The molecule has 0 spiro atoms. The number of hydrogen-bond donors (Lipinski definition) is 3. The molecule has 1 unspecified atom stereocenters. The van der Waals surface area contributed by atoms with Gasteiger partial charge in [0.1, 0.15) is 0 Å². The van der Waals surface area contributed by atoms with Crippen molar-refractivity contribution in [3.8, 4) is 0 Å². The summed E-state index contributed by atoms with van der Waals surface area (Å²) in [6, 6.07) is 3.17. The van der Waals surface area contributed by atoms with Crippen molar-refractivity contribution in [2.75, 3.05) is 25.6 Å². The van der Waals surface area contributed by atoms with E-state index in [2.05, 4.69) is 10.1 Å². The molecule has 0 saturated heterocycles. The van der Waals surface area contributed by atoms with Crippen LogP contribution in [0, 0.1) is 3.57 Å². The number of nitrogens with one attached hydrogen (secondary N) is 1. The molecular weight excluding hydrogens is 372 g/mol. The van der Waals surface area contributed by atoms with Crippen molar-refractivity contribution in [2.45, 2.75) is 6.10 Å². The second-order valence-corrected chi connectivity index (χ2v) is 5.12. The molecule has 0 saturated carbocycles. The predicted octanol–water partition coefficient (Wildman–Crippen LogP) is 1.50. The maximum Gasteiger partial charge on any atom is 0.340 e. The van der Waals surface area contributed by atoms with Gasteiger partial charge < -0.3 is 20.3 Å². The first-order valence-corrected chi connectivity index (χ1v) is 6.55. The van der Waals surface area contributed by atoms with Crippen LogP contribution in [0.5, 0.6) is 0 Å². The molecule has 1 atom stereocenters. The lowest BCUT2D eigenvalue weighted by Gasteiger charge is -2.15. The Hall–Kier alpha value is -0.570. The summed E-state index contributed by atoms with van der Waals surface area (Å²) in [5.41, 5.74) is 0.818. The molecule has 5 nitrogen and oxygen atoms in total. The molecule has 0 aliphatic carbocycles. The van der Waals surface area contributed by atoms with E-state index < -0.39 is 12.1 Å². The van der Waals surface area contributed by atoms with E-state index >= 15 is 0 Å². The monoisotopic (exact) mass is 385 g/mol. The highest BCUT2D eigenvalue weighted by atomic mass is 127. The molecule has 7 heteroatoms. The van der Waals surface area contributed by atoms with Gasteiger partial charge in [-0.25, -0.2) is 4.79 Å². The summed E-state index contributed by atoms with van der Waals surface area (Å²) in [5.74, 6) is -0.517. The second-order valence-electron chi connectivity index (χ2n) is 3.52. The predicted molar refractivity (Wildman–Crippen MR) is 77.1 cm³/mol. The average molecular weight is 386 g/mol. The van der Waals surface area contributed by atoms with Crippen LogP contribution >= 0.6 is 34.2 Å². The first-order valence-electron chi connectivity index (χ1n) is 5.09. The zero-order chi connectivity index (χ0) is 13.7. The lowest BCUT2D eigenvalue weighted by atomic mass is 10.1. The molecule has 0 aliphatic heterocycles. The molecule has 100 valence electrons. The molecule has 1 aromatic rings. The maximum absolute atomic E-state index is 11.6. The summed E-state index contributed by atoms with van der Waals surface area (Å²) in [6.07, 6.45) is -0.901. The van der Waals surface area contributed by atoms with Gasteiger partial charge in [-0.05, 0) is 34.7 Å². The molecule has 3 N–H and O–H groups in total. The Morgan fingerprint density at radius 1 is 1.61 bits per heavy atom. The van der Waals surface area contributed by atoms with E-state index in [1.807, 2.05) is 22.6 Å². The molecule has 0 aromatic heterocycles. The van der Waals surface area contributed by atoms with Crippen LogP contribution in [0.15, 0.2) is 12.1 Å². The highest BCUT2D eigenvalue weighted by Gasteiger charge is 2.16. The fourth-order valence-electron chi connectivity index (χ4n) is 1.31. The minimum Gasteiger partial charge on any atom is -0.465 e. The van der Waals surface area contributed by atoms with Crippen LogP contribution in [0.2, 0.25) is 5.02 Å². The van der Waals surface area contributed by atoms with Crippen molar-refractivity contribution < 1.29 is 19.7 Å². The molecule has 0 amide bonds. The summed E-state index contributed by atoms with van der Waals surface area (Å²) in [5, 5.41) is 21.4. The van der Waals surface area contributed by atoms with E-state index in [1.54, 1.807) is 6.07 Å². The Balaban J connectivity index is 3.04. The second kappa shape index (κ2) is 7.13. The zero-order valence-corrected chi connectivity index (χ0v) is 12.5. The summed E-state index contributed by atoms with van der Waals surface area (Å²) < 4.78 is 5.39. The van der Waals surface area contributed by atoms with Crippen LogP contribution in [0.1, 0.15) is 10.4 Å². The lowest BCUT2D eigenvalue weighted by molar-refractivity contribution is 0.0601. The van der Waals surface area contributed by atoms with Gasteiger partial charge in [0.25, 0.3) is 0 Å². The topological polar surface area (TPSA) is 78.8 Å². The summed E-state index contributed by atoms with van der Waals surface area (Å²) in [4.78, 5) is 11.6. The van der Waals surface area contributed by atoms with E-state index in [0.29, 0.717) is 16.3 Å². The average Bonchev–Trinajstić information content (AvgIpc) is 2.35. The third-order valence-corrected chi connectivity index (χ3v) is 3.25. The Morgan fingerprint density at radius 3 is 2.83 bits per heavy atom. The lowest BCUT2D eigenvalue weighted by Crippen LogP contribution is -2.24. The number of carbonyl (C=O) groups is 1. The number of ether oxygens (including phenoxy) is 1. The number of anilines is 1. The van der Waals surface area contributed by atoms with E-state index in [0.717, 1.165) is 3.57 Å². The highest BCUT2D eigenvalue weighted by Crippen LogP contribution is 2.28. The molecule has 0 bridgehead atoms. The number of benzene rings is 1. The fourth-order valence-corrected chi connectivity index (χ4v) is 2.53. The first-order chi connectivity index (χ1) is 8.49. The molecule has 1 aromatic carbocycles. The molecule has 18 heavy (non-hydrogen) atoms. The van der Waals surface area contributed by atoms with E-state index in [4.69, 9.17) is 16.7 Å². The van der Waals surface area contributed by atoms with Gasteiger partial charge in [-0.1, -0.05) is 11.6 Å². The molecule has 0 fully saturated rings. The van der Waals surface area contributed by atoms with Crippen molar-refractivity contribution in [1.29, 1.82) is 0 Å². The number of halogens is 2. The number of methoxy groups -OCH3 is 1. The largest absolute Gasteiger partial charge is 0.465 e. The zero-order valence-electron chi connectivity index (χ0n) is 9.61. The third-order valence-electron chi connectivity index (χ3n) is 2.19. The molecule has 1 rings (SSSR count). The van der Waals surface area contributed by atoms with Gasteiger partial charge >= 0.3 is 5.97 Å². The van der Waals surface area contributed by atoms with Gasteiger partial charge in [0.05, 0.1) is 31.1 Å². The number of aliphatic hydroxyl groups excluding tert-OH is 2. The van der Waals surface area contributed by atoms with Crippen LogP contribution in [0.3, 0.4) is 0 Å². The summed E-state index contributed by atoms with van der Waals surface area (Å²) in [7, 11) is 1.28. The van der Waals surface area contributed by atoms with E-state index in [-0.39, 0.29) is 13.2 Å². The van der Waals surface area contributed by atoms with Gasteiger partial charge in [0.2, 0.25) is 0 Å². The van der Waals surface area contributed by atoms with Gasteiger partial charge in [-0.15, -0.1) is 0 Å². The number of carbonyl (C=O) groups excluding carboxylic acids is 1. The van der Waals surface area contributed by atoms with Crippen LogP contribution in [-0.4, -0.2) is 42.5 Å². The normalized spacial score (nSPS) is 12.1. The minimum absolute atomic E-state index is 0.123. The number of rotatable bonds is 5. The van der Waals surface area contributed by atoms with E-state index in [1.165, 1.54) is 13.2 Å². The highest BCUT2D eigenvalue weighted by molar-refractivity contribution is 14.1. The van der Waals surface area contributed by atoms with Crippen LogP contribution < -0.4 is 5.32 Å². The van der Waals surface area contributed by atoms with Crippen LogP contribution in [-0.2, 0) is 4.74 Å². The quantitative estimate of drug-likeness (QED) is 0.529. The number of hydrogen-bond acceptors (Lipinski definition) is 5. The number of aliphatic hydroxyl groups is 2. The molecule has 0 radical (unpaired) electrons. The molecule has 0 heterocycles. The van der Waals surface area contributed by atoms with Crippen molar-refractivity contribution in [2.24, 2.45) is 0 Å². The Morgan fingerprint density at radius 2 is 2.28 bits per heavy atom. The maximum atomic E-state index is 11.6. The van der Waals surface area contributed by atoms with Crippen LogP contribution in [0.25, 0.3) is 0 Å². The van der Waals surface area contributed by atoms with Crippen molar-refractivity contribution in [3.63, 3.8) is 0 Å². The van der Waals surface area contributed by atoms with Gasteiger partial charge in [-0.2, -0.15) is 0 Å². The first kappa shape index (κ1) is 15.5. The molecular formula is C11H13ClINO4. The Labute approximate surface area is 123 Å². The van der Waals surface area contributed by atoms with Crippen LogP contribution in [0.4, 0.5) is 5.69 Å². The van der Waals surface area contributed by atoms with E-state index in [9.17, 15) is 9.90 Å². The number of esters is 1. The third kappa shape index (κ3) is 3.98. The smallest absolute Gasteiger partial charge is 0.340 e. The van der Waals surface area contributed by atoms with Crippen molar-refractivity contribution in [1.82, 2.24) is 0 Å². The Kier molecular flexibility index (Phi) is 6.13. The SMILES string of the molecule is COC(=O)c1cc(Cl)cc(I)c1NCC(O)CO. The molecule has 0 aliphatic rings. The summed E-state index contributed by atoms with van der Waals surface area (Å²) in [6.45, 7) is -0.233. The van der Waals surface area contributed by atoms with Gasteiger partial charge in [0.15, 0.2) is 0 Å².